The lowest BCUT2D eigenvalue weighted by Crippen LogP contribution is -1.99. The van der Waals surface area contributed by atoms with E-state index in [0.29, 0.717) is 17.6 Å². The van der Waals surface area contributed by atoms with Gasteiger partial charge in [-0.3, -0.25) is 0 Å². The molecule has 0 unspecified atom stereocenters. The Balaban J connectivity index is 1.58. The molecule has 0 aliphatic rings. The van der Waals surface area contributed by atoms with E-state index in [4.69, 9.17) is 16.3 Å². The van der Waals surface area contributed by atoms with Crippen molar-refractivity contribution in [1.29, 1.82) is 0 Å². The van der Waals surface area contributed by atoms with Gasteiger partial charge in [-0.25, -0.2) is 4.98 Å². The van der Waals surface area contributed by atoms with E-state index in [1.54, 1.807) is 11.0 Å². The average Bonchev–Trinajstić information content (AvgIpc) is 3.26. The molecule has 0 bridgehead atoms. The molecule has 2 aromatic carbocycles. The summed E-state index contributed by atoms with van der Waals surface area (Å²) in [5.41, 5.74) is 4.70. The molecule has 2 heterocycles. The first-order valence-electron chi connectivity index (χ1n) is 8.57. The SMILES string of the molecule is CCOc1ccc(-n2nc3cc(C)c(NCc4cnc(Cl)s4)cc3n2)cc1. The Morgan fingerprint density at radius 3 is 2.56 bits per heavy atom. The second-order valence-electron chi connectivity index (χ2n) is 6.01. The summed E-state index contributed by atoms with van der Waals surface area (Å²) in [6.45, 7) is 5.33. The highest BCUT2D eigenvalue weighted by Gasteiger charge is 2.09. The summed E-state index contributed by atoms with van der Waals surface area (Å²) in [7, 11) is 0. The minimum absolute atomic E-state index is 0.553. The van der Waals surface area contributed by atoms with E-state index >= 15 is 0 Å². The van der Waals surface area contributed by atoms with Gasteiger partial charge in [-0.1, -0.05) is 11.6 Å². The van der Waals surface area contributed by atoms with Crippen molar-refractivity contribution < 1.29 is 4.74 Å². The Hall–Kier alpha value is -2.64. The number of ether oxygens (including phenoxy) is 1. The van der Waals surface area contributed by atoms with Gasteiger partial charge in [-0.05, 0) is 55.8 Å². The Bertz CT molecular complexity index is 1070. The number of aryl methyl sites for hydroxylation is 1. The van der Waals surface area contributed by atoms with Crippen molar-refractivity contribution in [2.24, 2.45) is 0 Å². The van der Waals surface area contributed by atoms with E-state index in [1.807, 2.05) is 43.3 Å². The van der Waals surface area contributed by atoms with Crippen molar-refractivity contribution >= 4 is 39.7 Å². The van der Waals surface area contributed by atoms with E-state index in [1.165, 1.54) is 11.3 Å². The van der Waals surface area contributed by atoms with E-state index in [2.05, 4.69) is 27.4 Å². The number of thiazole rings is 1. The Morgan fingerprint density at radius 1 is 1.15 bits per heavy atom. The molecule has 6 nitrogen and oxygen atoms in total. The van der Waals surface area contributed by atoms with Gasteiger partial charge >= 0.3 is 0 Å². The van der Waals surface area contributed by atoms with Gasteiger partial charge < -0.3 is 10.1 Å². The van der Waals surface area contributed by atoms with Crippen molar-refractivity contribution in [1.82, 2.24) is 20.0 Å². The first-order chi connectivity index (χ1) is 13.1. The minimum Gasteiger partial charge on any atom is -0.494 e. The molecule has 0 saturated carbocycles. The highest BCUT2D eigenvalue weighted by atomic mass is 35.5. The Labute approximate surface area is 165 Å². The van der Waals surface area contributed by atoms with Gasteiger partial charge in [-0.15, -0.1) is 21.5 Å². The molecule has 4 rings (SSSR count). The smallest absolute Gasteiger partial charge is 0.183 e. The van der Waals surface area contributed by atoms with Gasteiger partial charge in [0.25, 0.3) is 0 Å². The molecule has 4 aromatic rings. The number of benzene rings is 2. The van der Waals surface area contributed by atoms with Crippen LogP contribution in [0.3, 0.4) is 0 Å². The van der Waals surface area contributed by atoms with Crippen molar-refractivity contribution in [3.63, 3.8) is 0 Å². The standard InChI is InChI=1S/C19H18ClN5OS/c1-3-26-14-6-4-13(5-7-14)25-23-17-8-12(2)16(9-18(17)24-25)21-10-15-11-22-19(20)27-15/h4-9,11,21H,3,10H2,1-2H3. The van der Waals surface area contributed by atoms with Crippen LogP contribution >= 0.6 is 22.9 Å². The second-order valence-corrected chi connectivity index (χ2v) is 7.70. The number of nitrogens with zero attached hydrogens (tertiary/aromatic N) is 4. The molecule has 0 fully saturated rings. The minimum atomic E-state index is 0.553. The molecule has 0 spiro atoms. The molecule has 27 heavy (non-hydrogen) atoms. The maximum atomic E-state index is 5.89. The third kappa shape index (κ3) is 3.89. The Morgan fingerprint density at radius 2 is 1.89 bits per heavy atom. The molecule has 0 aliphatic heterocycles. The topological polar surface area (TPSA) is 64.9 Å². The summed E-state index contributed by atoms with van der Waals surface area (Å²) in [6, 6.07) is 11.8. The number of anilines is 1. The van der Waals surface area contributed by atoms with E-state index in [-0.39, 0.29) is 0 Å². The molecular weight excluding hydrogens is 382 g/mol. The lowest BCUT2D eigenvalue weighted by Gasteiger charge is -2.07. The molecule has 0 atom stereocenters. The first kappa shape index (κ1) is 17.8. The van der Waals surface area contributed by atoms with Gasteiger partial charge in [-0.2, -0.15) is 4.80 Å². The van der Waals surface area contributed by atoms with Crippen LogP contribution in [-0.2, 0) is 6.54 Å². The molecule has 138 valence electrons. The van der Waals surface area contributed by atoms with Gasteiger partial charge in [0.15, 0.2) is 4.47 Å². The number of hydrogen-bond donors (Lipinski definition) is 1. The number of rotatable bonds is 6. The van der Waals surface area contributed by atoms with Gasteiger partial charge in [0.1, 0.15) is 16.8 Å². The van der Waals surface area contributed by atoms with Gasteiger partial charge in [0, 0.05) is 16.8 Å². The zero-order valence-electron chi connectivity index (χ0n) is 14.9. The molecule has 0 amide bonds. The zero-order chi connectivity index (χ0) is 18.8. The van der Waals surface area contributed by atoms with Crippen molar-refractivity contribution in [3.05, 3.63) is 57.5 Å². The third-order valence-electron chi connectivity index (χ3n) is 4.08. The van der Waals surface area contributed by atoms with Crippen LogP contribution in [0, 0.1) is 6.92 Å². The van der Waals surface area contributed by atoms with Crippen molar-refractivity contribution in [2.75, 3.05) is 11.9 Å². The van der Waals surface area contributed by atoms with Crippen LogP contribution in [0.25, 0.3) is 16.7 Å². The summed E-state index contributed by atoms with van der Waals surface area (Å²) >= 11 is 7.36. The molecular formula is C19H18ClN5OS. The summed E-state index contributed by atoms with van der Waals surface area (Å²) < 4.78 is 6.03. The van der Waals surface area contributed by atoms with E-state index < -0.39 is 0 Å². The summed E-state index contributed by atoms with van der Waals surface area (Å²) in [5, 5.41) is 12.6. The monoisotopic (exact) mass is 399 g/mol. The first-order valence-corrected chi connectivity index (χ1v) is 9.77. The molecule has 0 saturated heterocycles. The quantitative estimate of drug-likeness (QED) is 0.502. The fraction of sp³-hybridized carbons (Fsp3) is 0.211. The summed E-state index contributed by atoms with van der Waals surface area (Å²) in [5.74, 6) is 0.837. The van der Waals surface area contributed by atoms with Crippen LogP contribution in [0.1, 0.15) is 17.4 Å². The fourth-order valence-corrected chi connectivity index (χ4v) is 3.68. The number of fused-ring (bicyclic) bond motifs is 1. The number of nitrogens with one attached hydrogen (secondary N) is 1. The second kappa shape index (κ2) is 7.54. The number of aromatic nitrogens is 4. The third-order valence-corrected chi connectivity index (χ3v) is 5.20. The summed E-state index contributed by atoms with van der Waals surface area (Å²) in [6.07, 6.45) is 1.79. The van der Waals surface area contributed by atoms with Crippen LogP contribution < -0.4 is 10.1 Å². The van der Waals surface area contributed by atoms with Crippen molar-refractivity contribution in [3.8, 4) is 11.4 Å². The van der Waals surface area contributed by atoms with E-state index in [9.17, 15) is 0 Å². The number of hydrogen-bond acceptors (Lipinski definition) is 6. The van der Waals surface area contributed by atoms with Gasteiger partial charge in [0.05, 0.1) is 18.8 Å². The lowest BCUT2D eigenvalue weighted by atomic mass is 10.1. The fourth-order valence-electron chi connectivity index (χ4n) is 2.76. The van der Waals surface area contributed by atoms with Crippen LogP contribution in [0.4, 0.5) is 5.69 Å². The molecule has 1 N–H and O–H groups in total. The maximum absolute atomic E-state index is 5.89. The van der Waals surface area contributed by atoms with Crippen LogP contribution in [0.5, 0.6) is 5.75 Å². The predicted octanol–water partition coefficient (Wildman–Crippen LogP) is 4.85. The van der Waals surface area contributed by atoms with Crippen LogP contribution in [0.2, 0.25) is 4.47 Å². The lowest BCUT2D eigenvalue weighted by molar-refractivity contribution is 0.340. The molecule has 8 heteroatoms. The zero-order valence-corrected chi connectivity index (χ0v) is 16.5. The molecule has 0 aliphatic carbocycles. The van der Waals surface area contributed by atoms with E-state index in [0.717, 1.165) is 38.6 Å². The van der Waals surface area contributed by atoms with Gasteiger partial charge in [0.2, 0.25) is 0 Å². The highest BCUT2D eigenvalue weighted by Crippen LogP contribution is 2.24. The molecule has 0 radical (unpaired) electrons. The average molecular weight is 400 g/mol. The van der Waals surface area contributed by atoms with Crippen LogP contribution in [0.15, 0.2) is 42.6 Å². The Kier molecular flexibility index (Phi) is 4.96. The predicted molar refractivity (Wildman–Crippen MR) is 109 cm³/mol. The van der Waals surface area contributed by atoms with Crippen LogP contribution in [-0.4, -0.2) is 26.6 Å². The van der Waals surface area contributed by atoms with Crippen molar-refractivity contribution in [2.45, 2.75) is 20.4 Å². The maximum Gasteiger partial charge on any atom is 0.183 e. The normalized spacial score (nSPS) is 11.1. The summed E-state index contributed by atoms with van der Waals surface area (Å²) in [4.78, 5) is 6.79. The molecule has 2 aromatic heterocycles. The highest BCUT2D eigenvalue weighted by molar-refractivity contribution is 7.15. The largest absolute Gasteiger partial charge is 0.494 e. The number of halogens is 1.